The van der Waals surface area contributed by atoms with E-state index in [-0.39, 0.29) is 26.9 Å². The summed E-state index contributed by atoms with van der Waals surface area (Å²) in [5.74, 6) is -0.846. The molecule has 88 valence electrons. The van der Waals surface area contributed by atoms with Gasteiger partial charge < -0.3 is 10.5 Å². The maximum atomic E-state index is 12.8. The number of halogens is 3. The Morgan fingerprint density at radius 3 is 2.75 bits per heavy atom. The van der Waals surface area contributed by atoms with Crippen LogP contribution < -0.4 is 5.73 Å². The molecule has 1 aromatic heterocycles. The molecule has 0 atom stereocenters. The highest BCUT2D eigenvalue weighted by Gasteiger charge is 2.25. The van der Waals surface area contributed by atoms with E-state index in [9.17, 15) is 13.6 Å². The number of ether oxygens (including phenoxy) is 1. The summed E-state index contributed by atoms with van der Waals surface area (Å²) in [6.45, 7) is -0.0962. The molecule has 0 aromatic carbocycles. The number of carbonyl (C=O) groups excluding carboxylic acids is 1. The van der Waals surface area contributed by atoms with E-state index < -0.39 is 12.4 Å². The van der Waals surface area contributed by atoms with Crippen LogP contribution in [0.4, 0.5) is 8.78 Å². The highest BCUT2D eigenvalue weighted by molar-refractivity contribution is 14.1. The molecule has 7 heteroatoms. The summed E-state index contributed by atoms with van der Waals surface area (Å²) in [6, 6.07) is 0. The monoisotopic (exact) mass is 342 g/mol. The number of alkyl halides is 2. The Hall–Kier alpha value is -0.830. The van der Waals surface area contributed by atoms with E-state index in [0.29, 0.717) is 0 Å². The van der Waals surface area contributed by atoms with Gasteiger partial charge in [-0.3, -0.25) is 4.98 Å². The average Bonchev–Trinajstić information content (AvgIpc) is 2.27. The minimum Gasteiger partial charge on any atom is -0.465 e. The normalized spacial score (nSPS) is 10.6. The number of hydrogen-bond donors (Lipinski definition) is 1. The lowest BCUT2D eigenvalue weighted by Crippen LogP contribution is -2.15. The molecule has 0 bridgehead atoms. The summed E-state index contributed by atoms with van der Waals surface area (Å²) in [6.07, 6.45) is -1.51. The van der Waals surface area contributed by atoms with Crippen molar-refractivity contribution in [2.75, 3.05) is 7.11 Å². The fourth-order valence-corrected chi connectivity index (χ4v) is 1.89. The number of pyridine rings is 1. The van der Waals surface area contributed by atoms with Gasteiger partial charge in [-0.05, 0) is 22.6 Å². The highest BCUT2D eigenvalue weighted by atomic mass is 127. The van der Waals surface area contributed by atoms with E-state index in [1.54, 1.807) is 22.6 Å². The van der Waals surface area contributed by atoms with E-state index in [2.05, 4.69) is 9.72 Å². The standard InChI is InChI=1S/C9H9F2IN2O2/c1-16-9(15)7-5(2-13)14-3-4(12)6(7)8(10)11/h3,8H,2,13H2,1H3. The van der Waals surface area contributed by atoms with Crippen LogP contribution in [-0.4, -0.2) is 18.1 Å². The summed E-state index contributed by atoms with van der Waals surface area (Å²) in [5, 5.41) is 0. The molecule has 0 amide bonds. The Labute approximate surface area is 104 Å². The number of nitrogens with zero attached hydrogens (tertiary/aromatic N) is 1. The van der Waals surface area contributed by atoms with E-state index in [0.717, 1.165) is 7.11 Å². The summed E-state index contributed by atoms with van der Waals surface area (Å²) in [4.78, 5) is 15.3. The summed E-state index contributed by atoms with van der Waals surface area (Å²) < 4.78 is 30.3. The van der Waals surface area contributed by atoms with Crippen LogP contribution in [0, 0.1) is 3.57 Å². The number of methoxy groups -OCH3 is 1. The van der Waals surface area contributed by atoms with Crippen molar-refractivity contribution < 1.29 is 18.3 Å². The Morgan fingerprint density at radius 1 is 1.69 bits per heavy atom. The van der Waals surface area contributed by atoms with Gasteiger partial charge in [0.25, 0.3) is 6.43 Å². The van der Waals surface area contributed by atoms with Crippen molar-refractivity contribution in [3.63, 3.8) is 0 Å². The van der Waals surface area contributed by atoms with E-state index in [4.69, 9.17) is 5.73 Å². The predicted molar refractivity (Wildman–Crippen MR) is 61.1 cm³/mol. The molecule has 1 rings (SSSR count). The second-order valence-electron chi connectivity index (χ2n) is 2.84. The van der Waals surface area contributed by atoms with Crippen LogP contribution in [0.1, 0.15) is 28.0 Å². The van der Waals surface area contributed by atoms with Gasteiger partial charge in [0.2, 0.25) is 0 Å². The first-order valence-corrected chi connectivity index (χ1v) is 5.34. The lowest BCUT2D eigenvalue weighted by atomic mass is 10.1. The number of rotatable bonds is 3. The minimum atomic E-state index is -2.77. The van der Waals surface area contributed by atoms with Crippen molar-refractivity contribution >= 4 is 28.6 Å². The number of aromatic nitrogens is 1. The van der Waals surface area contributed by atoms with Gasteiger partial charge in [0, 0.05) is 21.9 Å². The maximum absolute atomic E-state index is 12.8. The molecule has 0 aliphatic carbocycles. The molecule has 0 saturated heterocycles. The van der Waals surface area contributed by atoms with Gasteiger partial charge in [0.05, 0.1) is 18.4 Å². The molecule has 1 aromatic rings. The lowest BCUT2D eigenvalue weighted by molar-refractivity contribution is 0.0586. The van der Waals surface area contributed by atoms with Crippen LogP contribution in [-0.2, 0) is 11.3 Å². The molecule has 16 heavy (non-hydrogen) atoms. The molecular weight excluding hydrogens is 333 g/mol. The number of carbonyl (C=O) groups is 1. The number of hydrogen-bond acceptors (Lipinski definition) is 4. The fraction of sp³-hybridized carbons (Fsp3) is 0.333. The first-order valence-electron chi connectivity index (χ1n) is 4.26. The largest absolute Gasteiger partial charge is 0.465 e. The van der Waals surface area contributed by atoms with Crippen molar-refractivity contribution in [2.45, 2.75) is 13.0 Å². The van der Waals surface area contributed by atoms with Crippen molar-refractivity contribution in [2.24, 2.45) is 5.73 Å². The van der Waals surface area contributed by atoms with Crippen molar-refractivity contribution in [3.05, 3.63) is 26.6 Å². The van der Waals surface area contributed by atoms with Crippen molar-refractivity contribution in [1.29, 1.82) is 0 Å². The zero-order valence-corrected chi connectivity index (χ0v) is 10.5. The molecule has 0 aliphatic heterocycles. The molecule has 0 spiro atoms. The first kappa shape index (κ1) is 13.2. The van der Waals surface area contributed by atoms with Crippen LogP contribution >= 0.6 is 22.6 Å². The molecule has 4 nitrogen and oxygen atoms in total. The third-order valence-corrected chi connectivity index (χ3v) is 2.81. The van der Waals surface area contributed by atoms with Gasteiger partial charge in [-0.2, -0.15) is 0 Å². The summed E-state index contributed by atoms with van der Waals surface area (Å²) in [7, 11) is 1.12. The first-order chi connectivity index (χ1) is 7.52. The molecular formula is C9H9F2IN2O2. The Morgan fingerprint density at radius 2 is 2.31 bits per heavy atom. The van der Waals surface area contributed by atoms with Crippen molar-refractivity contribution in [3.8, 4) is 0 Å². The highest BCUT2D eigenvalue weighted by Crippen LogP contribution is 2.29. The second-order valence-corrected chi connectivity index (χ2v) is 4.00. The van der Waals surface area contributed by atoms with Crippen LogP contribution in [0.5, 0.6) is 0 Å². The van der Waals surface area contributed by atoms with Crippen LogP contribution in [0.3, 0.4) is 0 Å². The van der Waals surface area contributed by atoms with Gasteiger partial charge in [-0.15, -0.1) is 0 Å². The topological polar surface area (TPSA) is 65.2 Å². The van der Waals surface area contributed by atoms with Gasteiger partial charge in [-0.1, -0.05) is 0 Å². The minimum absolute atomic E-state index is 0.0962. The molecule has 0 saturated carbocycles. The van der Waals surface area contributed by atoms with E-state index >= 15 is 0 Å². The van der Waals surface area contributed by atoms with Crippen LogP contribution in [0.15, 0.2) is 6.20 Å². The molecule has 0 aliphatic rings. The SMILES string of the molecule is COC(=O)c1c(CN)ncc(I)c1C(F)F. The fourth-order valence-electron chi connectivity index (χ4n) is 1.24. The van der Waals surface area contributed by atoms with Gasteiger partial charge in [0.1, 0.15) is 0 Å². The smallest absolute Gasteiger partial charge is 0.340 e. The third kappa shape index (κ3) is 2.46. The van der Waals surface area contributed by atoms with E-state index in [1.807, 2.05) is 0 Å². The quantitative estimate of drug-likeness (QED) is 0.673. The Balaban J connectivity index is 3.48. The summed E-state index contributed by atoms with van der Waals surface area (Å²) in [5.41, 5.74) is 4.86. The molecule has 0 unspecified atom stereocenters. The predicted octanol–water partition coefficient (Wildman–Crippen LogP) is 1.87. The van der Waals surface area contributed by atoms with Crippen LogP contribution in [0.25, 0.3) is 0 Å². The zero-order valence-electron chi connectivity index (χ0n) is 8.34. The number of nitrogens with two attached hydrogens (primary N) is 1. The molecule has 1 heterocycles. The Kier molecular flexibility index (Phi) is 4.54. The Bertz CT molecular complexity index is 413. The summed E-state index contributed by atoms with van der Waals surface area (Å²) >= 11 is 1.69. The molecule has 0 radical (unpaired) electrons. The van der Waals surface area contributed by atoms with Gasteiger partial charge in [0.15, 0.2) is 0 Å². The number of esters is 1. The maximum Gasteiger partial charge on any atom is 0.340 e. The van der Waals surface area contributed by atoms with Crippen LogP contribution in [0.2, 0.25) is 0 Å². The van der Waals surface area contributed by atoms with Crippen molar-refractivity contribution in [1.82, 2.24) is 4.98 Å². The van der Waals surface area contributed by atoms with Gasteiger partial charge >= 0.3 is 5.97 Å². The third-order valence-electron chi connectivity index (χ3n) is 1.95. The average molecular weight is 342 g/mol. The molecule has 0 fully saturated rings. The zero-order chi connectivity index (χ0) is 12.3. The lowest BCUT2D eigenvalue weighted by Gasteiger charge is -2.12. The second kappa shape index (κ2) is 5.48. The van der Waals surface area contributed by atoms with Gasteiger partial charge in [-0.25, -0.2) is 13.6 Å². The molecule has 2 N–H and O–H groups in total. The van der Waals surface area contributed by atoms with E-state index in [1.165, 1.54) is 6.20 Å².